The average molecular weight is 284 g/mol. The fourth-order valence-electron chi connectivity index (χ4n) is 2.37. The molecule has 4 nitrogen and oxygen atoms in total. The van der Waals surface area contributed by atoms with Gasteiger partial charge in [-0.15, -0.1) is 0 Å². The van der Waals surface area contributed by atoms with Crippen LogP contribution in [0.2, 0.25) is 0 Å². The Hall–Kier alpha value is -1.17. The zero-order valence-electron chi connectivity index (χ0n) is 12.2. The fourth-order valence-corrected chi connectivity index (χ4v) is 2.37. The molecule has 1 saturated heterocycles. The van der Waals surface area contributed by atoms with Gasteiger partial charge in [-0.2, -0.15) is 0 Å². The molecule has 5 heteroatoms. The molecule has 1 aromatic carbocycles. The summed E-state index contributed by atoms with van der Waals surface area (Å²) in [7, 11) is 2.24. The summed E-state index contributed by atoms with van der Waals surface area (Å²) in [5.41, 5.74) is 0. The van der Waals surface area contributed by atoms with E-state index in [1.807, 2.05) is 0 Å². The van der Waals surface area contributed by atoms with E-state index < -0.39 is 0 Å². The highest BCUT2D eigenvalue weighted by molar-refractivity contribution is 5.23. The van der Waals surface area contributed by atoms with Crippen molar-refractivity contribution in [3.8, 4) is 5.75 Å². The number of hydrogen-bond donors (Lipinski definition) is 2. The third kappa shape index (κ3) is 5.07. The van der Waals surface area contributed by atoms with E-state index in [2.05, 4.69) is 7.05 Å². The van der Waals surface area contributed by atoms with Gasteiger partial charge >= 0.3 is 0 Å². The van der Waals surface area contributed by atoms with Crippen LogP contribution in [-0.4, -0.2) is 59.6 Å². The summed E-state index contributed by atoms with van der Waals surface area (Å²) in [6.45, 7) is 7.62. The maximum Gasteiger partial charge on any atom is 0.165 e. The Morgan fingerprint density at radius 3 is 2.55 bits per heavy atom. The molecule has 0 spiro atoms. The molecular formula is C15H25FN2O2+2. The van der Waals surface area contributed by atoms with Gasteiger partial charge in [-0.3, -0.25) is 0 Å². The highest BCUT2D eigenvalue weighted by Crippen LogP contribution is 2.14. The molecule has 1 aliphatic heterocycles. The SMILES string of the molecule is C[NH+]1CC[NH+](CCOCCOc2ccccc2F)CC1. The number of halogens is 1. The lowest BCUT2D eigenvalue weighted by Gasteiger charge is -2.27. The lowest BCUT2D eigenvalue weighted by atomic mass is 10.3. The zero-order valence-corrected chi connectivity index (χ0v) is 12.2. The second kappa shape index (κ2) is 8.19. The van der Waals surface area contributed by atoms with Crippen LogP contribution in [0, 0.1) is 5.82 Å². The van der Waals surface area contributed by atoms with Gasteiger partial charge in [0.25, 0.3) is 0 Å². The average Bonchev–Trinajstić information content (AvgIpc) is 2.46. The van der Waals surface area contributed by atoms with Gasteiger partial charge in [0, 0.05) is 0 Å². The third-order valence-corrected chi connectivity index (χ3v) is 3.73. The van der Waals surface area contributed by atoms with Gasteiger partial charge < -0.3 is 19.3 Å². The predicted molar refractivity (Wildman–Crippen MR) is 74.9 cm³/mol. The minimum absolute atomic E-state index is 0.295. The summed E-state index contributed by atoms with van der Waals surface area (Å²) >= 11 is 0. The van der Waals surface area contributed by atoms with E-state index in [-0.39, 0.29) is 5.82 Å². The maximum absolute atomic E-state index is 13.3. The van der Waals surface area contributed by atoms with Crippen molar-refractivity contribution in [1.29, 1.82) is 0 Å². The lowest BCUT2D eigenvalue weighted by Crippen LogP contribution is -3.27. The molecule has 0 aliphatic carbocycles. The number of likely N-dealkylation sites (N-methyl/N-ethyl adjacent to an activating group) is 1. The lowest BCUT2D eigenvalue weighted by molar-refractivity contribution is -1.00. The van der Waals surface area contributed by atoms with Crippen LogP contribution in [-0.2, 0) is 4.74 Å². The topological polar surface area (TPSA) is 27.3 Å². The molecule has 0 bridgehead atoms. The van der Waals surface area contributed by atoms with Crippen LogP contribution < -0.4 is 14.5 Å². The van der Waals surface area contributed by atoms with Crippen molar-refractivity contribution in [1.82, 2.24) is 0 Å². The molecule has 112 valence electrons. The Balaban J connectivity index is 1.51. The molecule has 1 fully saturated rings. The van der Waals surface area contributed by atoms with Crippen molar-refractivity contribution in [2.75, 3.05) is 59.6 Å². The number of nitrogens with one attached hydrogen (secondary N) is 2. The number of hydrogen-bond acceptors (Lipinski definition) is 2. The molecule has 0 aromatic heterocycles. The minimum Gasteiger partial charge on any atom is -0.488 e. The molecule has 0 amide bonds. The number of ether oxygens (including phenoxy) is 2. The maximum atomic E-state index is 13.3. The fraction of sp³-hybridized carbons (Fsp3) is 0.600. The van der Waals surface area contributed by atoms with Crippen LogP contribution in [0.1, 0.15) is 0 Å². The third-order valence-electron chi connectivity index (χ3n) is 3.73. The second-order valence-corrected chi connectivity index (χ2v) is 5.35. The van der Waals surface area contributed by atoms with Crippen LogP contribution in [0.25, 0.3) is 0 Å². The first-order valence-electron chi connectivity index (χ1n) is 7.35. The van der Waals surface area contributed by atoms with E-state index in [4.69, 9.17) is 9.47 Å². The predicted octanol–water partition coefficient (Wildman–Crippen LogP) is -1.37. The number of rotatable bonds is 7. The summed E-state index contributed by atoms with van der Waals surface area (Å²) in [6.07, 6.45) is 0. The first-order valence-corrected chi connectivity index (χ1v) is 7.35. The van der Waals surface area contributed by atoms with Crippen molar-refractivity contribution in [2.24, 2.45) is 0 Å². The van der Waals surface area contributed by atoms with Crippen LogP contribution in [0.15, 0.2) is 24.3 Å². The number of piperazine rings is 1. The smallest absolute Gasteiger partial charge is 0.165 e. The van der Waals surface area contributed by atoms with Gasteiger partial charge in [-0.25, -0.2) is 4.39 Å². The molecule has 0 saturated carbocycles. The quantitative estimate of drug-likeness (QED) is 0.605. The van der Waals surface area contributed by atoms with Gasteiger partial charge in [-0.1, -0.05) is 12.1 Å². The van der Waals surface area contributed by atoms with Crippen molar-refractivity contribution in [2.45, 2.75) is 0 Å². The highest BCUT2D eigenvalue weighted by atomic mass is 19.1. The number of benzene rings is 1. The van der Waals surface area contributed by atoms with Crippen molar-refractivity contribution < 1.29 is 23.7 Å². The van der Waals surface area contributed by atoms with Crippen LogP contribution in [0.4, 0.5) is 4.39 Å². The highest BCUT2D eigenvalue weighted by Gasteiger charge is 2.18. The van der Waals surface area contributed by atoms with Crippen LogP contribution >= 0.6 is 0 Å². The van der Waals surface area contributed by atoms with Crippen LogP contribution in [0.5, 0.6) is 5.75 Å². The van der Waals surface area contributed by atoms with Crippen molar-refractivity contribution in [3.63, 3.8) is 0 Å². The monoisotopic (exact) mass is 284 g/mol. The molecule has 20 heavy (non-hydrogen) atoms. The molecule has 2 N–H and O–H groups in total. The van der Waals surface area contributed by atoms with E-state index in [9.17, 15) is 4.39 Å². The minimum atomic E-state index is -0.322. The van der Waals surface area contributed by atoms with Gasteiger partial charge in [0.2, 0.25) is 0 Å². The molecule has 1 heterocycles. The van der Waals surface area contributed by atoms with Crippen LogP contribution in [0.3, 0.4) is 0 Å². The number of quaternary nitrogens is 2. The van der Waals surface area contributed by atoms with Crippen molar-refractivity contribution in [3.05, 3.63) is 30.1 Å². The molecule has 1 aromatic rings. The summed E-state index contributed by atoms with van der Waals surface area (Å²) in [4.78, 5) is 3.23. The van der Waals surface area contributed by atoms with E-state index in [1.165, 1.54) is 32.2 Å². The van der Waals surface area contributed by atoms with E-state index in [1.54, 1.807) is 28.0 Å². The summed E-state index contributed by atoms with van der Waals surface area (Å²) in [6, 6.07) is 6.44. The molecule has 0 unspecified atom stereocenters. The Labute approximate surface area is 120 Å². The molecule has 1 aliphatic rings. The molecular weight excluding hydrogens is 259 g/mol. The van der Waals surface area contributed by atoms with Crippen molar-refractivity contribution >= 4 is 0 Å². The zero-order chi connectivity index (χ0) is 14.2. The largest absolute Gasteiger partial charge is 0.488 e. The van der Waals surface area contributed by atoms with Gasteiger partial charge in [-0.05, 0) is 12.1 Å². The second-order valence-electron chi connectivity index (χ2n) is 5.35. The first-order chi connectivity index (χ1) is 9.75. The molecule has 0 radical (unpaired) electrons. The van der Waals surface area contributed by atoms with Gasteiger partial charge in [0.05, 0.1) is 20.3 Å². The Bertz CT molecular complexity index is 395. The molecule has 2 rings (SSSR count). The Morgan fingerprint density at radius 2 is 1.80 bits per heavy atom. The Kier molecular flexibility index (Phi) is 6.24. The summed E-state index contributed by atoms with van der Waals surface area (Å²) in [5, 5.41) is 0. The summed E-state index contributed by atoms with van der Waals surface area (Å²) < 4.78 is 24.2. The molecule has 0 atom stereocenters. The standard InChI is InChI=1S/C15H23FN2O2/c1-17-6-8-18(9-7-17)10-11-19-12-13-20-15-5-3-2-4-14(15)16/h2-5H,6-13H2,1H3/p+2. The van der Waals surface area contributed by atoms with Gasteiger partial charge in [0.1, 0.15) is 39.3 Å². The normalized spacial score (nSPS) is 22.7. The Morgan fingerprint density at radius 1 is 1.05 bits per heavy atom. The van der Waals surface area contributed by atoms with Gasteiger partial charge in [0.15, 0.2) is 11.6 Å². The first kappa shape index (κ1) is 15.2. The van der Waals surface area contributed by atoms with E-state index in [0.29, 0.717) is 19.0 Å². The summed E-state index contributed by atoms with van der Waals surface area (Å²) in [5.74, 6) is -0.0272. The van der Waals surface area contributed by atoms with E-state index in [0.717, 1.165) is 13.2 Å². The number of para-hydroxylation sites is 1. The van der Waals surface area contributed by atoms with E-state index >= 15 is 0 Å².